The van der Waals surface area contributed by atoms with E-state index in [4.69, 9.17) is 0 Å². The van der Waals surface area contributed by atoms with Gasteiger partial charge < -0.3 is 10.3 Å². The summed E-state index contributed by atoms with van der Waals surface area (Å²) in [6.07, 6.45) is -2.94. The fourth-order valence-corrected chi connectivity index (χ4v) is 5.52. The zero-order valence-corrected chi connectivity index (χ0v) is 19.3. The molecule has 1 aliphatic rings. The molecule has 1 saturated carbocycles. The van der Waals surface area contributed by atoms with Crippen molar-refractivity contribution >= 4 is 26.6 Å². The Morgan fingerprint density at radius 1 is 1.11 bits per heavy atom. The van der Waals surface area contributed by atoms with Crippen molar-refractivity contribution in [3.8, 4) is 6.07 Å². The number of rotatable bonds is 9. The molecular weight excluding hydrogens is 481 g/mol. The number of sulfone groups is 1. The van der Waals surface area contributed by atoms with E-state index in [0.717, 1.165) is 0 Å². The number of amides is 1. The number of H-pyrrole nitrogens is 1. The maximum Gasteiger partial charge on any atom is 0.408 e. The minimum atomic E-state index is -4.83. The monoisotopic (exact) mass is 504 g/mol. The molecule has 3 N–H and O–H groups in total. The van der Waals surface area contributed by atoms with E-state index in [2.05, 4.69) is 15.6 Å². The number of nitrogens with zero attached hydrogens (tertiary/aromatic N) is 1. The van der Waals surface area contributed by atoms with E-state index >= 15 is 0 Å². The molecule has 0 radical (unpaired) electrons. The van der Waals surface area contributed by atoms with Crippen LogP contribution in [-0.2, 0) is 20.4 Å². The van der Waals surface area contributed by atoms with Crippen LogP contribution in [0.3, 0.4) is 0 Å². The molecule has 0 spiro atoms. The summed E-state index contributed by atoms with van der Waals surface area (Å²) in [4.78, 5) is 15.8. The highest BCUT2D eigenvalue weighted by Crippen LogP contribution is 2.37. The number of carbonyl (C=O) groups excluding carboxylic acids is 1. The van der Waals surface area contributed by atoms with Crippen molar-refractivity contribution in [2.24, 2.45) is 0 Å². The van der Waals surface area contributed by atoms with Gasteiger partial charge in [-0.2, -0.15) is 18.4 Å². The minimum Gasteiger partial charge on any atom is -0.361 e. The Labute approximate surface area is 200 Å². The SMILES string of the molecule is N#CC1(NC(=O)[C@H](CS(=O)(=O)Cc2ccccc2)NC(c2c[nH]c3ccccc23)C(F)(F)F)CC1. The number of alkyl halides is 3. The van der Waals surface area contributed by atoms with Crippen LogP contribution in [0.5, 0.6) is 0 Å². The molecule has 1 aromatic heterocycles. The molecule has 0 bridgehead atoms. The van der Waals surface area contributed by atoms with Crippen LogP contribution in [0.15, 0.2) is 60.8 Å². The van der Waals surface area contributed by atoms with Crippen LogP contribution in [0, 0.1) is 11.3 Å². The van der Waals surface area contributed by atoms with Crippen LogP contribution >= 0.6 is 0 Å². The largest absolute Gasteiger partial charge is 0.408 e. The van der Waals surface area contributed by atoms with E-state index in [9.17, 15) is 31.6 Å². The van der Waals surface area contributed by atoms with Crippen molar-refractivity contribution in [3.63, 3.8) is 0 Å². The summed E-state index contributed by atoms with van der Waals surface area (Å²) >= 11 is 0. The number of nitriles is 1. The van der Waals surface area contributed by atoms with Crippen molar-refractivity contribution in [1.82, 2.24) is 15.6 Å². The second-order valence-electron chi connectivity index (χ2n) is 8.71. The van der Waals surface area contributed by atoms with E-state index in [1.807, 2.05) is 6.07 Å². The first-order chi connectivity index (χ1) is 16.5. The molecule has 11 heteroatoms. The van der Waals surface area contributed by atoms with Gasteiger partial charge in [0, 0.05) is 22.7 Å². The van der Waals surface area contributed by atoms with Crippen molar-refractivity contribution in [2.75, 3.05) is 5.75 Å². The first-order valence-corrected chi connectivity index (χ1v) is 12.7. The fraction of sp³-hybridized carbons (Fsp3) is 0.333. The van der Waals surface area contributed by atoms with Gasteiger partial charge in [0.1, 0.15) is 17.6 Å². The first kappa shape index (κ1) is 24.8. The van der Waals surface area contributed by atoms with Gasteiger partial charge in [-0.3, -0.25) is 10.1 Å². The van der Waals surface area contributed by atoms with Crippen molar-refractivity contribution in [2.45, 2.75) is 42.4 Å². The third kappa shape index (κ3) is 5.83. The Kier molecular flexibility index (Phi) is 6.62. The van der Waals surface area contributed by atoms with E-state index in [1.165, 1.54) is 12.3 Å². The average Bonchev–Trinajstić information content (AvgIpc) is 3.45. The van der Waals surface area contributed by atoms with E-state index in [-0.39, 0.29) is 5.56 Å². The molecule has 35 heavy (non-hydrogen) atoms. The topological polar surface area (TPSA) is 115 Å². The molecule has 184 valence electrons. The number of fused-ring (bicyclic) bond motifs is 1. The molecule has 2 aromatic carbocycles. The second-order valence-corrected chi connectivity index (χ2v) is 10.8. The molecule has 1 fully saturated rings. The number of para-hydroxylation sites is 1. The van der Waals surface area contributed by atoms with E-state index in [0.29, 0.717) is 29.3 Å². The lowest BCUT2D eigenvalue weighted by atomic mass is 10.0. The lowest BCUT2D eigenvalue weighted by Gasteiger charge is -2.27. The Morgan fingerprint density at radius 2 is 1.77 bits per heavy atom. The molecule has 1 aliphatic carbocycles. The third-order valence-corrected chi connectivity index (χ3v) is 7.53. The van der Waals surface area contributed by atoms with Crippen LogP contribution in [0.1, 0.15) is 30.0 Å². The number of aromatic nitrogens is 1. The summed E-state index contributed by atoms with van der Waals surface area (Å²) < 4.78 is 68.5. The van der Waals surface area contributed by atoms with Crippen molar-refractivity contribution in [3.05, 3.63) is 71.9 Å². The van der Waals surface area contributed by atoms with Crippen molar-refractivity contribution < 1.29 is 26.4 Å². The van der Waals surface area contributed by atoms with Gasteiger partial charge in [-0.1, -0.05) is 48.5 Å². The maximum absolute atomic E-state index is 14.2. The van der Waals surface area contributed by atoms with Crippen LogP contribution in [0.2, 0.25) is 0 Å². The van der Waals surface area contributed by atoms with Gasteiger partial charge in [-0.25, -0.2) is 8.42 Å². The predicted molar refractivity (Wildman–Crippen MR) is 124 cm³/mol. The lowest BCUT2D eigenvalue weighted by Crippen LogP contribution is -2.54. The number of hydrogen-bond donors (Lipinski definition) is 3. The fourth-order valence-electron chi connectivity index (χ4n) is 3.95. The zero-order valence-electron chi connectivity index (χ0n) is 18.5. The second kappa shape index (κ2) is 9.36. The van der Waals surface area contributed by atoms with Gasteiger partial charge in [0.15, 0.2) is 9.84 Å². The zero-order chi connectivity index (χ0) is 25.3. The van der Waals surface area contributed by atoms with Gasteiger partial charge in [0.05, 0.1) is 17.6 Å². The maximum atomic E-state index is 14.2. The summed E-state index contributed by atoms with van der Waals surface area (Å²) in [6.45, 7) is 0. The normalized spacial score (nSPS) is 16.9. The lowest BCUT2D eigenvalue weighted by molar-refractivity contribution is -0.160. The quantitative estimate of drug-likeness (QED) is 0.413. The standard InChI is InChI=1S/C24H23F3N4O3S/c25-24(26,27)21(18-12-29-19-9-5-4-8-17(18)19)30-20(22(32)31-23(15-28)10-11-23)14-35(33,34)13-16-6-2-1-3-7-16/h1-9,12,20-21,29-30H,10-11,13-14H2,(H,31,32)/t20-,21?/m0/s1. The molecule has 0 aliphatic heterocycles. The molecule has 4 rings (SSSR count). The van der Waals surface area contributed by atoms with Gasteiger partial charge in [0.2, 0.25) is 5.91 Å². The van der Waals surface area contributed by atoms with Crippen LogP contribution in [0.4, 0.5) is 13.2 Å². The summed E-state index contributed by atoms with van der Waals surface area (Å²) in [5.41, 5.74) is -0.411. The molecular formula is C24H23F3N4O3S. The first-order valence-electron chi connectivity index (χ1n) is 10.9. The van der Waals surface area contributed by atoms with Gasteiger partial charge >= 0.3 is 6.18 Å². The van der Waals surface area contributed by atoms with E-state index < -0.39 is 51.0 Å². The molecule has 3 aromatic rings. The number of nitrogens with one attached hydrogen (secondary N) is 3. The Balaban J connectivity index is 1.66. The Hall–Kier alpha value is -3.36. The van der Waals surface area contributed by atoms with E-state index in [1.54, 1.807) is 48.5 Å². The minimum absolute atomic E-state index is 0.159. The van der Waals surface area contributed by atoms with Gasteiger partial charge in [0.25, 0.3) is 0 Å². The number of aromatic amines is 1. The number of halogens is 3. The van der Waals surface area contributed by atoms with Crippen LogP contribution in [-0.4, -0.2) is 42.8 Å². The Morgan fingerprint density at radius 3 is 2.40 bits per heavy atom. The van der Waals surface area contributed by atoms with Crippen LogP contribution < -0.4 is 10.6 Å². The number of hydrogen-bond acceptors (Lipinski definition) is 5. The summed E-state index contributed by atoms with van der Waals surface area (Å²) in [7, 11) is -4.00. The highest BCUT2D eigenvalue weighted by Gasteiger charge is 2.48. The number of benzene rings is 2. The highest BCUT2D eigenvalue weighted by molar-refractivity contribution is 7.90. The highest BCUT2D eigenvalue weighted by atomic mass is 32.2. The number of carbonyl (C=O) groups is 1. The third-order valence-electron chi connectivity index (χ3n) is 5.92. The summed E-state index contributed by atoms with van der Waals surface area (Å²) in [5.74, 6) is -2.27. The van der Waals surface area contributed by atoms with Crippen LogP contribution in [0.25, 0.3) is 10.9 Å². The smallest absolute Gasteiger partial charge is 0.361 e. The molecule has 7 nitrogen and oxygen atoms in total. The van der Waals surface area contributed by atoms with Gasteiger partial charge in [-0.15, -0.1) is 0 Å². The molecule has 2 atom stereocenters. The van der Waals surface area contributed by atoms with Crippen molar-refractivity contribution in [1.29, 1.82) is 5.26 Å². The molecule has 1 unspecified atom stereocenters. The summed E-state index contributed by atoms with van der Waals surface area (Å²) in [6, 6.07) is 12.4. The molecule has 1 heterocycles. The summed E-state index contributed by atoms with van der Waals surface area (Å²) in [5, 5.41) is 14.3. The predicted octanol–water partition coefficient (Wildman–Crippen LogP) is 3.52. The molecule has 0 saturated heterocycles. The Bertz CT molecular complexity index is 1360. The average molecular weight is 505 g/mol. The molecule has 1 amide bonds. The van der Waals surface area contributed by atoms with Gasteiger partial charge in [-0.05, 0) is 24.5 Å².